The number of fused-ring (bicyclic) bond motifs is 2. The molecule has 1 saturated heterocycles. The molecule has 32 heavy (non-hydrogen) atoms. The van der Waals surface area contributed by atoms with Crippen molar-refractivity contribution in [2.24, 2.45) is 11.8 Å². The van der Waals surface area contributed by atoms with E-state index in [9.17, 15) is 5.11 Å². The van der Waals surface area contributed by atoms with Gasteiger partial charge >= 0.3 is 0 Å². The molecule has 0 radical (unpaired) electrons. The van der Waals surface area contributed by atoms with Crippen LogP contribution in [0.2, 0.25) is 0 Å². The van der Waals surface area contributed by atoms with Crippen molar-refractivity contribution < 1.29 is 9.84 Å². The first-order valence-corrected chi connectivity index (χ1v) is 11.7. The number of rotatable bonds is 5. The van der Waals surface area contributed by atoms with E-state index >= 15 is 0 Å². The third-order valence-corrected chi connectivity index (χ3v) is 7.47. The van der Waals surface area contributed by atoms with Crippen LogP contribution in [0.25, 0.3) is 11.1 Å². The SMILES string of the molecule is COc1ccccc1-c1ccc(CN2C[C@H]3CCC[C@H](C2)C3(O)c2ncccc2C)cc1. The Morgan fingerprint density at radius 1 is 1.00 bits per heavy atom. The summed E-state index contributed by atoms with van der Waals surface area (Å²) in [5.74, 6) is 1.36. The topological polar surface area (TPSA) is 45.6 Å². The number of aromatic nitrogens is 1. The second-order valence-electron chi connectivity index (χ2n) is 9.41. The summed E-state index contributed by atoms with van der Waals surface area (Å²) in [4.78, 5) is 7.17. The van der Waals surface area contributed by atoms with E-state index < -0.39 is 5.60 Å². The lowest BCUT2D eigenvalue weighted by Crippen LogP contribution is -2.58. The van der Waals surface area contributed by atoms with Crippen LogP contribution in [0.5, 0.6) is 5.75 Å². The molecule has 2 heterocycles. The van der Waals surface area contributed by atoms with Crippen LogP contribution in [0, 0.1) is 18.8 Å². The summed E-state index contributed by atoms with van der Waals surface area (Å²) in [6, 6.07) is 21.0. The van der Waals surface area contributed by atoms with Crippen LogP contribution in [0.3, 0.4) is 0 Å². The molecular formula is C28H32N2O2. The van der Waals surface area contributed by atoms with E-state index in [1.807, 2.05) is 30.5 Å². The highest BCUT2D eigenvalue weighted by molar-refractivity contribution is 5.70. The first-order chi connectivity index (χ1) is 15.6. The van der Waals surface area contributed by atoms with Crippen molar-refractivity contribution in [2.75, 3.05) is 20.2 Å². The molecule has 1 aliphatic heterocycles. The average molecular weight is 429 g/mol. The second kappa shape index (κ2) is 8.68. The number of hydrogen-bond donors (Lipinski definition) is 1. The van der Waals surface area contributed by atoms with Crippen molar-refractivity contribution in [3.8, 4) is 16.9 Å². The molecule has 2 aliphatic rings. The fourth-order valence-corrected chi connectivity index (χ4v) is 5.89. The van der Waals surface area contributed by atoms with E-state index in [-0.39, 0.29) is 11.8 Å². The number of pyridine rings is 1. The molecule has 2 fully saturated rings. The number of ether oxygens (including phenoxy) is 1. The van der Waals surface area contributed by atoms with Crippen LogP contribution >= 0.6 is 0 Å². The number of aryl methyl sites for hydroxylation is 1. The van der Waals surface area contributed by atoms with Crippen LogP contribution in [0.15, 0.2) is 66.9 Å². The fourth-order valence-electron chi connectivity index (χ4n) is 5.89. The maximum absolute atomic E-state index is 11.9. The number of aliphatic hydroxyl groups is 1. The Morgan fingerprint density at radius 2 is 1.72 bits per heavy atom. The van der Waals surface area contributed by atoms with Gasteiger partial charge in [-0.05, 0) is 48.6 Å². The van der Waals surface area contributed by atoms with Crippen molar-refractivity contribution in [3.63, 3.8) is 0 Å². The number of piperidine rings is 1. The lowest BCUT2D eigenvalue weighted by Gasteiger charge is -2.53. The van der Waals surface area contributed by atoms with Crippen LogP contribution in [-0.2, 0) is 12.1 Å². The van der Waals surface area contributed by atoms with E-state index in [0.717, 1.165) is 55.0 Å². The van der Waals surface area contributed by atoms with Gasteiger partial charge in [0.15, 0.2) is 0 Å². The molecule has 166 valence electrons. The number of methoxy groups -OCH3 is 1. The Kier molecular flexibility index (Phi) is 5.75. The molecule has 3 aromatic rings. The van der Waals surface area contributed by atoms with E-state index in [0.29, 0.717) is 0 Å². The van der Waals surface area contributed by atoms with Crippen LogP contribution in [0.1, 0.15) is 36.1 Å². The minimum Gasteiger partial charge on any atom is -0.496 e. The summed E-state index contributed by atoms with van der Waals surface area (Å²) >= 11 is 0. The van der Waals surface area contributed by atoms with Crippen LogP contribution in [0.4, 0.5) is 0 Å². The van der Waals surface area contributed by atoms with E-state index in [1.54, 1.807) is 7.11 Å². The van der Waals surface area contributed by atoms with Gasteiger partial charge in [-0.3, -0.25) is 9.88 Å². The molecule has 2 atom stereocenters. The van der Waals surface area contributed by atoms with Crippen molar-refractivity contribution in [1.29, 1.82) is 0 Å². The highest BCUT2D eigenvalue weighted by atomic mass is 16.5. The maximum atomic E-state index is 11.9. The zero-order valence-corrected chi connectivity index (χ0v) is 19.0. The smallest absolute Gasteiger partial charge is 0.126 e. The zero-order valence-electron chi connectivity index (χ0n) is 19.0. The molecule has 4 heteroatoms. The monoisotopic (exact) mass is 428 g/mol. The van der Waals surface area contributed by atoms with Gasteiger partial charge in [0.05, 0.1) is 12.8 Å². The molecule has 1 N–H and O–H groups in total. The molecule has 5 rings (SSSR count). The van der Waals surface area contributed by atoms with Crippen LogP contribution < -0.4 is 4.74 Å². The minimum atomic E-state index is -0.798. The molecular weight excluding hydrogens is 396 g/mol. The summed E-state index contributed by atoms with van der Waals surface area (Å²) in [5.41, 5.74) is 4.80. The molecule has 1 aromatic heterocycles. The number of nitrogens with zero attached hydrogens (tertiary/aromatic N) is 2. The van der Waals surface area contributed by atoms with Crippen LogP contribution in [-0.4, -0.2) is 35.2 Å². The number of hydrogen-bond acceptors (Lipinski definition) is 4. The summed E-state index contributed by atoms with van der Waals surface area (Å²) in [6.45, 7) is 4.82. The maximum Gasteiger partial charge on any atom is 0.126 e. The van der Waals surface area contributed by atoms with Gasteiger partial charge in [-0.1, -0.05) is 55.0 Å². The Bertz CT molecular complexity index is 1060. The number of para-hydroxylation sites is 1. The number of benzene rings is 2. The van der Waals surface area contributed by atoms with Gasteiger partial charge in [0, 0.05) is 43.2 Å². The van der Waals surface area contributed by atoms with Crippen molar-refractivity contribution in [1.82, 2.24) is 9.88 Å². The van der Waals surface area contributed by atoms with Gasteiger partial charge in [0.25, 0.3) is 0 Å². The summed E-state index contributed by atoms with van der Waals surface area (Å²) in [6.07, 6.45) is 5.15. The molecule has 0 spiro atoms. The standard InChI is InChI=1S/C28H32N2O2/c1-20-7-6-16-29-27(20)28(31)23-8-5-9-24(28)19-30(18-23)17-21-12-14-22(15-13-21)25-10-3-4-11-26(25)32-2/h3-4,6-7,10-16,23-24,31H,5,8-9,17-19H2,1-2H3/t23-,24-/m1/s1. The van der Waals surface area contributed by atoms with Crippen molar-refractivity contribution >= 4 is 0 Å². The fraction of sp³-hybridized carbons (Fsp3) is 0.393. The molecule has 2 bridgehead atoms. The summed E-state index contributed by atoms with van der Waals surface area (Å²) in [7, 11) is 1.72. The third-order valence-electron chi connectivity index (χ3n) is 7.47. The first kappa shape index (κ1) is 21.2. The molecule has 0 unspecified atom stereocenters. The molecule has 1 saturated carbocycles. The first-order valence-electron chi connectivity index (χ1n) is 11.7. The third kappa shape index (κ3) is 3.72. The highest BCUT2D eigenvalue weighted by Crippen LogP contribution is 2.49. The summed E-state index contributed by atoms with van der Waals surface area (Å²) in [5, 5.41) is 11.9. The zero-order chi connectivity index (χ0) is 22.1. The van der Waals surface area contributed by atoms with Crippen molar-refractivity contribution in [2.45, 2.75) is 38.3 Å². The molecule has 2 aromatic carbocycles. The van der Waals surface area contributed by atoms with Gasteiger partial charge in [-0.25, -0.2) is 0 Å². The minimum absolute atomic E-state index is 0.233. The molecule has 1 aliphatic carbocycles. The lowest BCUT2D eigenvalue weighted by atomic mass is 9.63. The normalized spacial score (nSPS) is 25.5. The van der Waals surface area contributed by atoms with Gasteiger partial charge in [0.1, 0.15) is 11.4 Å². The second-order valence-corrected chi connectivity index (χ2v) is 9.41. The van der Waals surface area contributed by atoms with Crippen molar-refractivity contribution in [3.05, 3.63) is 83.7 Å². The van der Waals surface area contributed by atoms with E-state index in [1.165, 1.54) is 17.5 Å². The van der Waals surface area contributed by atoms with Gasteiger partial charge in [-0.15, -0.1) is 0 Å². The predicted octanol–water partition coefficient (Wildman–Crippen LogP) is 5.19. The Hall–Kier alpha value is -2.69. The Balaban J connectivity index is 1.33. The van der Waals surface area contributed by atoms with Gasteiger partial charge in [-0.2, -0.15) is 0 Å². The number of likely N-dealkylation sites (tertiary alicyclic amines) is 1. The van der Waals surface area contributed by atoms with Gasteiger partial charge < -0.3 is 9.84 Å². The largest absolute Gasteiger partial charge is 0.496 e. The van der Waals surface area contributed by atoms with E-state index in [4.69, 9.17) is 4.74 Å². The predicted molar refractivity (Wildman–Crippen MR) is 127 cm³/mol. The van der Waals surface area contributed by atoms with Gasteiger partial charge in [0.2, 0.25) is 0 Å². The lowest BCUT2D eigenvalue weighted by molar-refractivity contribution is -0.151. The average Bonchev–Trinajstić information content (AvgIpc) is 2.80. The Morgan fingerprint density at radius 3 is 2.41 bits per heavy atom. The molecule has 0 amide bonds. The highest BCUT2D eigenvalue weighted by Gasteiger charge is 2.52. The van der Waals surface area contributed by atoms with E-state index in [2.05, 4.69) is 53.2 Å². The Labute approximate surface area is 190 Å². The molecule has 4 nitrogen and oxygen atoms in total. The summed E-state index contributed by atoms with van der Waals surface area (Å²) < 4.78 is 5.52. The quantitative estimate of drug-likeness (QED) is 0.608.